The van der Waals surface area contributed by atoms with Crippen LogP contribution in [0.5, 0.6) is 0 Å². The molecule has 0 radical (unpaired) electrons. The summed E-state index contributed by atoms with van der Waals surface area (Å²) >= 11 is 0. The van der Waals surface area contributed by atoms with E-state index in [-0.39, 0.29) is 6.04 Å². The molecule has 0 aliphatic carbocycles. The Labute approximate surface area is 68.4 Å². The van der Waals surface area contributed by atoms with E-state index in [2.05, 4.69) is 10.2 Å². The minimum atomic E-state index is -0.519. The van der Waals surface area contributed by atoms with Crippen molar-refractivity contribution in [2.45, 2.75) is 25.0 Å². The second-order valence-corrected chi connectivity index (χ2v) is 3.79. The molecule has 66 valence electrons. The molecule has 0 spiro atoms. The Bertz CT molecular complexity index is 134. The van der Waals surface area contributed by atoms with Crippen LogP contribution in [0.3, 0.4) is 0 Å². The number of aliphatic hydroxyl groups is 1. The lowest BCUT2D eigenvalue weighted by Crippen LogP contribution is -2.58. The fourth-order valence-electron chi connectivity index (χ4n) is 1.71. The van der Waals surface area contributed by atoms with Gasteiger partial charge in [0.2, 0.25) is 0 Å². The third kappa shape index (κ3) is 1.92. The summed E-state index contributed by atoms with van der Waals surface area (Å²) in [5.41, 5.74) is -0.519. The zero-order chi connectivity index (χ0) is 8.48. The lowest BCUT2D eigenvalue weighted by Gasteiger charge is -2.41. The molecule has 1 aliphatic rings. The summed E-state index contributed by atoms with van der Waals surface area (Å²) < 4.78 is 0. The summed E-state index contributed by atoms with van der Waals surface area (Å²) in [6.45, 7) is 3.73. The summed E-state index contributed by atoms with van der Waals surface area (Å²) in [4.78, 5) is 2.08. The van der Waals surface area contributed by atoms with Crippen LogP contribution in [0.4, 0.5) is 0 Å². The number of piperidine rings is 1. The Hall–Kier alpha value is -0.120. The molecule has 0 saturated carbocycles. The average molecular weight is 158 g/mol. The largest absolute Gasteiger partial charge is 0.388 e. The molecule has 0 aromatic rings. The Morgan fingerprint density at radius 1 is 1.55 bits per heavy atom. The first kappa shape index (κ1) is 8.97. The van der Waals surface area contributed by atoms with Gasteiger partial charge in [-0.1, -0.05) is 0 Å². The molecule has 11 heavy (non-hydrogen) atoms. The van der Waals surface area contributed by atoms with E-state index in [0.29, 0.717) is 0 Å². The zero-order valence-corrected chi connectivity index (χ0v) is 7.59. The molecular formula is C8H18N2O. The van der Waals surface area contributed by atoms with Gasteiger partial charge in [-0.05, 0) is 34.0 Å². The molecule has 0 bridgehead atoms. The fourth-order valence-corrected chi connectivity index (χ4v) is 1.71. The van der Waals surface area contributed by atoms with Gasteiger partial charge in [-0.15, -0.1) is 0 Å². The van der Waals surface area contributed by atoms with Gasteiger partial charge in [0.1, 0.15) is 0 Å². The van der Waals surface area contributed by atoms with Crippen molar-refractivity contribution in [3.05, 3.63) is 0 Å². The van der Waals surface area contributed by atoms with Crippen molar-refractivity contribution in [2.75, 3.05) is 27.2 Å². The van der Waals surface area contributed by atoms with Crippen LogP contribution >= 0.6 is 0 Å². The molecule has 1 fully saturated rings. The first-order valence-electron chi connectivity index (χ1n) is 4.13. The smallest absolute Gasteiger partial charge is 0.0798 e. The van der Waals surface area contributed by atoms with Crippen LogP contribution in [-0.2, 0) is 0 Å². The second-order valence-electron chi connectivity index (χ2n) is 3.79. The van der Waals surface area contributed by atoms with Crippen LogP contribution in [-0.4, -0.2) is 48.8 Å². The normalized spacial score (nSPS) is 39.5. The summed E-state index contributed by atoms with van der Waals surface area (Å²) in [7, 11) is 4.01. The SMILES string of the molecule is CN(C)[C@@H]1CNCC[C@@]1(C)O. The van der Waals surface area contributed by atoms with Gasteiger partial charge in [0.05, 0.1) is 11.6 Å². The Kier molecular flexibility index (Phi) is 2.52. The molecule has 3 heteroatoms. The summed E-state index contributed by atoms with van der Waals surface area (Å²) in [5.74, 6) is 0. The van der Waals surface area contributed by atoms with Crippen LogP contribution in [0, 0.1) is 0 Å². The van der Waals surface area contributed by atoms with Crippen LogP contribution in [0.25, 0.3) is 0 Å². The third-order valence-electron chi connectivity index (χ3n) is 2.49. The van der Waals surface area contributed by atoms with Crippen LogP contribution in [0.2, 0.25) is 0 Å². The molecule has 1 rings (SSSR count). The molecule has 2 N–H and O–H groups in total. The van der Waals surface area contributed by atoms with Crippen LogP contribution in [0.1, 0.15) is 13.3 Å². The minimum absolute atomic E-state index is 0.247. The van der Waals surface area contributed by atoms with Crippen molar-refractivity contribution < 1.29 is 5.11 Å². The van der Waals surface area contributed by atoms with E-state index in [1.54, 1.807) is 0 Å². The summed E-state index contributed by atoms with van der Waals surface area (Å²) in [5, 5.41) is 13.2. The number of hydrogen-bond acceptors (Lipinski definition) is 3. The van der Waals surface area contributed by atoms with Gasteiger partial charge >= 0.3 is 0 Å². The van der Waals surface area contributed by atoms with E-state index in [4.69, 9.17) is 0 Å². The van der Waals surface area contributed by atoms with E-state index in [9.17, 15) is 5.11 Å². The van der Waals surface area contributed by atoms with Gasteiger partial charge < -0.3 is 15.3 Å². The second kappa shape index (κ2) is 3.09. The van der Waals surface area contributed by atoms with Crippen molar-refractivity contribution in [1.82, 2.24) is 10.2 Å². The average Bonchev–Trinajstić information content (AvgIpc) is 1.85. The molecule has 0 aromatic carbocycles. The van der Waals surface area contributed by atoms with Gasteiger partial charge in [-0.25, -0.2) is 0 Å². The molecule has 1 heterocycles. The van der Waals surface area contributed by atoms with E-state index in [1.807, 2.05) is 21.0 Å². The van der Waals surface area contributed by atoms with Crippen LogP contribution in [0.15, 0.2) is 0 Å². The molecule has 2 atom stereocenters. The molecule has 1 saturated heterocycles. The van der Waals surface area contributed by atoms with Crippen molar-refractivity contribution in [3.8, 4) is 0 Å². The van der Waals surface area contributed by atoms with E-state index in [1.165, 1.54) is 0 Å². The molecular weight excluding hydrogens is 140 g/mol. The maximum Gasteiger partial charge on any atom is 0.0798 e. The number of likely N-dealkylation sites (N-methyl/N-ethyl adjacent to an activating group) is 1. The van der Waals surface area contributed by atoms with Crippen molar-refractivity contribution in [2.24, 2.45) is 0 Å². The Balaban J connectivity index is 2.60. The molecule has 3 nitrogen and oxygen atoms in total. The zero-order valence-electron chi connectivity index (χ0n) is 7.59. The van der Waals surface area contributed by atoms with Crippen LogP contribution < -0.4 is 5.32 Å². The number of hydrogen-bond donors (Lipinski definition) is 2. The van der Waals surface area contributed by atoms with Gasteiger partial charge in [0.25, 0.3) is 0 Å². The Morgan fingerprint density at radius 2 is 2.18 bits per heavy atom. The highest BCUT2D eigenvalue weighted by Crippen LogP contribution is 2.20. The van der Waals surface area contributed by atoms with Gasteiger partial charge in [0, 0.05) is 6.54 Å². The third-order valence-corrected chi connectivity index (χ3v) is 2.49. The molecule has 0 amide bonds. The quantitative estimate of drug-likeness (QED) is 0.548. The highest BCUT2D eigenvalue weighted by Gasteiger charge is 2.35. The van der Waals surface area contributed by atoms with Gasteiger partial charge in [0.15, 0.2) is 0 Å². The van der Waals surface area contributed by atoms with Crippen molar-refractivity contribution in [1.29, 1.82) is 0 Å². The maximum absolute atomic E-state index is 9.92. The van der Waals surface area contributed by atoms with Crippen molar-refractivity contribution in [3.63, 3.8) is 0 Å². The van der Waals surface area contributed by atoms with Gasteiger partial charge in [-0.3, -0.25) is 0 Å². The highest BCUT2D eigenvalue weighted by molar-refractivity contribution is 4.93. The summed E-state index contributed by atoms with van der Waals surface area (Å²) in [6.07, 6.45) is 0.843. The first-order valence-corrected chi connectivity index (χ1v) is 4.13. The number of nitrogens with one attached hydrogen (secondary N) is 1. The van der Waals surface area contributed by atoms with Gasteiger partial charge in [-0.2, -0.15) is 0 Å². The molecule has 1 aliphatic heterocycles. The predicted molar refractivity (Wildman–Crippen MR) is 45.6 cm³/mol. The number of rotatable bonds is 1. The van der Waals surface area contributed by atoms with Crippen molar-refractivity contribution >= 4 is 0 Å². The lowest BCUT2D eigenvalue weighted by molar-refractivity contribution is -0.0377. The topological polar surface area (TPSA) is 35.5 Å². The first-order chi connectivity index (χ1) is 5.04. The maximum atomic E-state index is 9.92. The molecule has 0 unspecified atom stereocenters. The fraction of sp³-hybridized carbons (Fsp3) is 1.00. The summed E-state index contributed by atoms with van der Waals surface area (Å²) in [6, 6.07) is 0.247. The van der Waals surface area contributed by atoms with E-state index >= 15 is 0 Å². The lowest BCUT2D eigenvalue weighted by atomic mass is 9.89. The highest BCUT2D eigenvalue weighted by atomic mass is 16.3. The number of nitrogens with zero attached hydrogens (tertiary/aromatic N) is 1. The van der Waals surface area contributed by atoms with E-state index < -0.39 is 5.60 Å². The van der Waals surface area contributed by atoms with E-state index in [0.717, 1.165) is 19.5 Å². The predicted octanol–water partition coefficient (Wildman–Crippen LogP) is -0.339. The monoisotopic (exact) mass is 158 g/mol. The standard InChI is InChI=1S/C8H18N2O/c1-8(11)4-5-9-6-7(8)10(2)3/h7,9,11H,4-6H2,1-3H3/t7-,8-/m1/s1. The minimum Gasteiger partial charge on any atom is -0.388 e. The molecule has 0 aromatic heterocycles. The Morgan fingerprint density at radius 3 is 2.55 bits per heavy atom.